The van der Waals surface area contributed by atoms with E-state index in [0.717, 1.165) is 19.5 Å². The first-order valence-corrected chi connectivity index (χ1v) is 7.36. The maximum Gasteiger partial charge on any atom is -0.00439 e. The highest BCUT2D eigenvalue weighted by atomic mass is 14.8. The van der Waals surface area contributed by atoms with E-state index in [1.54, 1.807) is 0 Å². The summed E-state index contributed by atoms with van der Waals surface area (Å²) < 4.78 is 0. The molecule has 0 atom stereocenters. The third-order valence-electron chi connectivity index (χ3n) is 3.75. The van der Waals surface area contributed by atoms with Gasteiger partial charge in [-0.25, -0.2) is 0 Å². The molecule has 0 unspecified atom stereocenters. The maximum absolute atomic E-state index is 3.42. The smallest absolute Gasteiger partial charge is 0.00439 e. The first-order chi connectivity index (χ1) is 8.57. The van der Waals surface area contributed by atoms with Crippen molar-refractivity contribution in [2.24, 2.45) is 5.41 Å². The third kappa shape index (κ3) is 5.68. The minimum absolute atomic E-state index is 0.436. The topological polar surface area (TPSA) is 12.0 Å². The van der Waals surface area contributed by atoms with Crippen LogP contribution in [0.25, 0.3) is 0 Å². The Balaban J connectivity index is 2.37. The average molecular weight is 247 g/mol. The molecule has 1 nitrogen and oxygen atoms in total. The van der Waals surface area contributed by atoms with Crippen molar-refractivity contribution in [2.75, 3.05) is 13.1 Å². The summed E-state index contributed by atoms with van der Waals surface area (Å²) >= 11 is 0. The van der Waals surface area contributed by atoms with Gasteiger partial charge < -0.3 is 5.32 Å². The Hall–Kier alpha value is -0.820. The van der Waals surface area contributed by atoms with Gasteiger partial charge in [0.05, 0.1) is 0 Å². The van der Waals surface area contributed by atoms with Crippen LogP contribution >= 0.6 is 0 Å². The highest BCUT2D eigenvalue weighted by Gasteiger charge is 2.16. The molecule has 0 radical (unpaired) electrons. The molecule has 1 rings (SSSR count). The average Bonchev–Trinajstić information content (AvgIpc) is 2.37. The monoisotopic (exact) mass is 247 g/mol. The van der Waals surface area contributed by atoms with E-state index in [9.17, 15) is 0 Å². The lowest BCUT2D eigenvalue weighted by Crippen LogP contribution is -2.22. The molecule has 0 aromatic heterocycles. The second kappa shape index (κ2) is 7.58. The van der Waals surface area contributed by atoms with Crippen LogP contribution in [-0.2, 0) is 12.8 Å². The molecule has 1 N–H and O–H groups in total. The molecular weight excluding hydrogens is 218 g/mol. The van der Waals surface area contributed by atoms with E-state index < -0.39 is 0 Å². The Kier molecular flexibility index (Phi) is 6.42. The SMILES string of the molecule is CCNCCC(C)(C)CCc1ccc(CC)cc1. The van der Waals surface area contributed by atoms with E-state index in [1.807, 2.05) is 0 Å². The molecule has 0 aliphatic rings. The summed E-state index contributed by atoms with van der Waals surface area (Å²) in [5.74, 6) is 0. The van der Waals surface area contributed by atoms with Crippen molar-refractivity contribution in [3.05, 3.63) is 35.4 Å². The summed E-state index contributed by atoms with van der Waals surface area (Å²) in [6.07, 6.45) is 4.86. The highest BCUT2D eigenvalue weighted by Crippen LogP contribution is 2.26. The predicted octanol–water partition coefficient (Wildman–Crippen LogP) is 4.21. The quantitative estimate of drug-likeness (QED) is 0.679. The van der Waals surface area contributed by atoms with E-state index >= 15 is 0 Å². The molecule has 0 saturated heterocycles. The van der Waals surface area contributed by atoms with Crippen LogP contribution in [0.5, 0.6) is 0 Å². The van der Waals surface area contributed by atoms with Crippen molar-refractivity contribution in [3.63, 3.8) is 0 Å². The fourth-order valence-corrected chi connectivity index (χ4v) is 2.15. The number of benzene rings is 1. The van der Waals surface area contributed by atoms with Gasteiger partial charge in [0.25, 0.3) is 0 Å². The van der Waals surface area contributed by atoms with Crippen molar-refractivity contribution in [2.45, 2.75) is 53.4 Å². The zero-order chi connectivity index (χ0) is 13.4. The van der Waals surface area contributed by atoms with Gasteiger partial charge >= 0.3 is 0 Å². The van der Waals surface area contributed by atoms with Crippen LogP contribution < -0.4 is 5.32 Å². The van der Waals surface area contributed by atoms with Crippen LogP contribution in [0.15, 0.2) is 24.3 Å². The van der Waals surface area contributed by atoms with Gasteiger partial charge in [-0.1, -0.05) is 52.0 Å². The summed E-state index contributed by atoms with van der Waals surface area (Å²) in [5.41, 5.74) is 3.35. The van der Waals surface area contributed by atoms with Gasteiger partial charge in [0.2, 0.25) is 0 Å². The van der Waals surface area contributed by atoms with E-state index in [4.69, 9.17) is 0 Å². The third-order valence-corrected chi connectivity index (χ3v) is 3.75. The van der Waals surface area contributed by atoms with Crippen LogP contribution in [0.1, 0.15) is 51.7 Å². The van der Waals surface area contributed by atoms with E-state index in [-0.39, 0.29) is 0 Å². The lowest BCUT2D eigenvalue weighted by Gasteiger charge is -2.24. The number of rotatable bonds is 8. The van der Waals surface area contributed by atoms with Crippen LogP contribution in [0.3, 0.4) is 0 Å². The van der Waals surface area contributed by atoms with E-state index in [2.05, 4.69) is 57.3 Å². The molecule has 1 aromatic rings. The summed E-state index contributed by atoms with van der Waals surface area (Å²) in [5, 5.41) is 3.42. The maximum atomic E-state index is 3.42. The van der Waals surface area contributed by atoms with Crippen molar-refractivity contribution in [3.8, 4) is 0 Å². The first kappa shape index (κ1) is 15.2. The molecule has 102 valence electrons. The molecule has 1 aromatic carbocycles. The zero-order valence-corrected chi connectivity index (χ0v) is 12.6. The number of hydrogen-bond donors (Lipinski definition) is 1. The van der Waals surface area contributed by atoms with Crippen molar-refractivity contribution in [1.29, 1.82) is 0 Å². The molecule has 0 heterocycles. The zero-order valence-electron chi connectivity index (χ0n) is 12.6. The molecule has 0 aliphatic heterocycles. The van der Waals surface area contributed by atoms with Gasteiger partial charge in [0, 0.05) is 0 Å². The van der Waals surface area contributed by atoms with Crippen LogP contribution in [-0.4, -0.2) is 13.1 Å². The Bertz CT molecular complexity index is 324. The largest absolute Gasteiger partial charge is 0.317 e. The molecule has 1 heteroatoms. The normalized spacial score (nSPS) is 11.8. The molecule has 0 spiro atoms. The Morgan fingerprint density at radius 1 is 0.944 bits per heavy atom. The standard InChI is InChI=1S/C17H29N/c1-5-15-7-9-16(10-8-15)11-12-17(3,4)13-14-18-6-2/h7-10,18H,5-6,11-14H2,1-4H3. The Labute approximate surface area is 113 Å². The Morgan fingerprint density at radius 2 is 1.56 bits per heavy atom. The number of nitrogens with one attached hydrogen (secondary N) is 1. The lowest BCUT2D eigenvalue weighted by molar-refractivity contribution is 0.303. The number of aryl methyl sites for hydroxylation is 2. The van der Waals surface area contributed by atoms with Crippen molar-refractivity contribution < 1.29 is 0 Å². The fourth-order valence-electron chi connectivity index (χ4n) is 2.15. The van der Waals surface area contributed by atoms with Crippen LogP contribution in [0.4, 0.5) is 0 Å². The molecule has 0 fully saturated rings. The highest BCUT2D eigenvalue weighted by molar-refractivity contribution is 5.22. The van der Waals surface area contributed by atoms with E-state index in [0.29, 0.717) is 5.41 Å². The van der Waals surface area contributed by atoms with Gasteiger partial charge in [-0.3, -0.25) is 0 Å². The van der Waals surface area contributed by atoms with Gasteiger partial charge in [0.1, 0.15) is 0 Å². The minimum Gasteiger partial charge on any atom is -0.317 e. The summed E-state index contributed by atoms with van der Waals surface area (Å²) in [6, 6.07) is 9.11. The molecule has 0 bridgehead atoms. The lowest BCUT2D eigenvalue weighted by atomic mass is 9.83. The van der Waals surface area contributed by atoms with Gasteiger partial charge in [0.15, 0.2) is 0 Å². The molecule has 0 amide bonds. The van der Waals surface area contributed by atoms with Gasteiger partial charge in [-0.05, 0) is 55.3 Å². The Morgan fingerprint density at radius 3 is 2.11 bits per heavy atom. The number of hydrogen-bond acceptors (Lipinski definition) is 1. The first-order valence-electron chi connectivity index (χ1n) is 7.36. The second-order valence-corrected chi connectivity index (χ2v) is 5.94. The summed E-state index contributed by atoms with van der Waals surface area (Å²) in [7, 11) is 0. The van der Waals surface area contributed by atoms with Crippen LogP contribution in [0, 0.1) is 5.41 Å². The fraction of sp³-hybridized carbons (Fsp3) is 0.647. The van der Waals surface area contributed by atoms with E-state index in [1.165, 1.54) is 30.4 Å². The predicted molar refractivity (Wildman–Crippen MR) is 81.1 cm³/mol. The molecule has 18 heavy (non-hydrogen) atoms. The van der Waals surface area contributed by atoms with Gasteiger partial charge in [-0.2, -0.15) is 0 Å². The second-order valence-electron chi connectivity index (χ2n) is 5.94. The molecular formula is C17H29N. The molecule has 0 aliphatic carbocycles. The van der Waals surface area contributed by atoms with Crippen molar-refractivity contribution >= 4 is 0 Å². The molecule has 0 saturated carbocycles. The van der Waals surface area contributed by atoms with Crippen LogP contribution in [0.2, 0.25) is 0 Å². The minimum atomic E-state index is 0.436. The van der Waals surface area contributed by atoms with Gasteiger partial charge in [-0.15, -0.1) is 0 Å². The van der Waals surface area contributed by atoms with Crippen molar-refractivity contribution in [1.82, 2.24) is 5.32 Å². The summed E-state index contributed by atoms with van der Waals surface area (Å²) in [6.45, 7) is 11.4. The summed E-state index contributed by atoms with van der Waals surface area (Å²) in [4.78, 5) is 0.